The van der Waals surface area contributed by atoms with Crippen molar-refractivity contribution in [2.75, 3.05) is 31.6 Å². The lowest BCUT2D eigenvalue weighted by Crippen LogP contribution is -2.47. The van der Waals surface area contributed by atoms with E-state index in [4.69, 9.17) is 4.74 Å². The van der Waals surface area contributed by atoms with Crippen LogP contribution < -0.4 is 5.32 Å². The molecule has 6 heteroatoms. The molecule has 1 aromatic carbocycles. The fraction of sp³-hybridized carbons (Fsp3) is 0.538. The normalized spacial score (nSPS) is 21.3. The van der Waals surface area contributed by atoms with Crippen LogP contribution in [0, 0.1) is 0 Å². The van der Waals surface area contributed by atoms with E-state index in [-0.39, 0.29) is 6.04 Å². The Hall–Kier alpha value is -1.11. The Balaban J connectivity index is 2.38. The molecule has 2 rings (SSSR count). The molecule has 1 heterocycles. The Labute approximate surface area is 114 Å². The van der Waals surface area contributed by atoms with Crippen molar-refractivity contribution in [3.8, 4) is 0 Å². The first-order valence-electron chi connectivity index (χ1n) is 6.50. The molecule has 0 aromatic heterocycles. The summed E-state index contributed by atoms with van der Waals surface area (Å²) in [7, 11) is -3.47. The Morgan fingerprint density at radius 2 is 2.16 bits per heavy atom. The van der Waals surface area contributed by atoms with Gasteiger partial charge in [0.15, 0.2) is 0 Å². The van der Waals surface area contributed by atoms with E-state index in [1.54, 1.807) is 18.2 Å². The Morgan fingerprint density at radius 3 is 2.84 bits per heavy atom. The minimum Gasteiger partial charge on any atom is -0.384 e. The molecule has 1 aliphatic heterocycles. The third-order valence-corrected chi connectivity index (χ3v) is 5.22. The number of hydrogen-bond acceptors (Lipinski definition) is 4. The van der Waals surface area contributed by atoms with Crippen molar-refractivity contribution in [2.45, 2.75) is 24.8 Å². The molecule has 0 radical (unpaired) electrons. The average molecular weight is 284 g/mol. The maximum Gasteiger partial charge on any atom is 0.245 e. The summed E-state index contributed by atoms with van der Waals surface area (Å²) in [5, 5.41) is 3.10. The van der Waals surface area contributed by atoms with Crippen LogP contribution >= 0.6 is 0 Å². The molecule has 1 N–H and O–H groups in total. The lowest BCUT2D eigenvalue weighted by atomic mass is 10.3. The average Bonchev–Trinajstić information content (AvgIpc) is 2.40. The van der Waals surface area contributed by atoms with Crippen LogP contribution in [0.1, 0.15) is 13.8 Å². The summed E-state index contributed by atoms with van der Waals surface area (Å²) in [5.74, 6) is 0. The third-order valence-electron chi connectivity index (χ3n) is 3.15. The lowest BCUT2D eigenvalue weighted by Gasteiger charge is -2.32. The highest BCUT2D eigenvalue weighted by atomic mass is 32.2. The molecule has 0 bridgehead atoms. The third kappa shape index (κ3) is 2.91. The van der Waals surface area contributed by atoms with Crippen molar-refractivity contribution in [3.05, 3.63) is 24.3 Å². The summed E-state index contributed by atoms with van der Waals surface area (Å²) in [4.78, 5) is 0.339. The largest absolute Gasteiger partial charge is 0.384 e. The molecule has 5 nitrogen and oxygen atoms in total. The maximum absolute atomic E-state index is 12.7. The van der Waals surface area contributed by atoms with Gasteiger partial charge in [-0.3, -0.25) is 0 Å². The van der Waals surface area contributed by atoms with Crippen LogP contribution in [0.25, 0.3) is 0 Å². The quantitative estimate of drug-likeness (QED) is 0.911. The van der Waals surface area contributed by atoms with Crippen LogP contribution in [0.4, 0.5) is 5.69 Å². The van der Waals surface area contributed by atoms with Gasteiger partial charge in [-0.2, -0.15) is 4.31 Å². The highest BCUT2D eigenvalue weighted by Crippen LogP contribution is 2.26. The van der Waals surface area contributed by atoms with E-state index < -0.39 is 10.0 Å². The topological polar surface area (TPSA) is 58.6 Å². The van der Waals surface area contributed by atoms with Gasteiger partial charge in [0.25, 0.3) is 0 Å². The Bertz CT molecular complexity index is 530. The number of hydrogen-bond donors (Lipinski definition) is 1. The molecule has 106 valence electrons. The number of nitrogens with one attached hydrogen (secondary N) is 1. The molecule has 1 saturated heterocycles. The highest BCUT2D eigenvalue weighted by Gasteiger charge is 2.32. The first-order chi connectivity index (χ1) is 9.07. The van der Waals surface area contributed by atoms with Crippen LogP contribution in [0.5, 0.6) is 0 Å². The summed E-state index contributed by atoms with van der Waals surface area (Å²) in [5.41, 5.74) is 0.656. The van der Waals surface area contributed by atoms with Crippen LogP contribution in [-0.4, -0.2) is 45.1 Å². The van der Waals surface area contributed by atoms with Crippen molar-refractivity contribution in [1.29, 1.82) is 0 Å². The van der Waals surface area contributed by atoms with Gasteiger partial charge in [-0.1, -0.05) is 12.1 Å². The Kier molecular flexibility index (Phi) is 4.44. The molecule has 1 fully saturated rings. The van der Waals surface area contributed by atoms with E-state index >= 15 is 0 Å². The minimum atomic E-state index is -3.47. The predicted octanol–water partition coefficient (Wildman–Crippen LogP) is 1.53. The number of benzene rings is 1. The second-order valence-corrected chi connectivity index (χ2v) is 6.43. The predicted molar refractivity (Wildman–Crippen MR) is 74.8 cm³/mol. The second kappa shape index (κ2) is 5.90. The zero-order valence-electron chi connectivity index (χ0n) is 11.3. The fourth-order valence-electron chi connectivity index (χ4n) is 2.22. The lowest BCUT2D eigenvalue weighted by molar-refractivity contribution is 0.0393. The smallest absolute Gasteiger partial charge is 0.245 e. The number of ether oxygens (including phenoxy) is 1. The van der Waals surface area contributed by atoms with E-state index in [2.05, 4.69) is 5.32 Å². The summed E-state index contributed by atoms with van der Waals surface area (Å²) in [6, 6.07) is 6.89. The summed E-state index contributed by atoms with van der Waals surface area (Å²) < 4.78 is 32.3. The SMILES string of the molecule is CCNc1ccccc1S(=O)(=O)N1CCOCC1C. The van der Waals surface area contributed by atoms with Crippen molar-refractivity contribution < 1.29 is 13.2 Å². The maximum atomic E-state index is 12.7. The van der Waals surface area contributed by atoms with Gasteiger partial charge in [-0.25, -0.2) is 8.42 Å². The highest BCUT2D eigenvalue weighted by molar-refractivity contribution is 7.89. The monoisotopic (exact) mass is 284 g/mol. The van der Waals surface area contributed by atoms with Crippen LogP contribution in [0.3, 0.4) is 0 Å². The summed E-state index contributed by atoms with van der Waals surface area (Å²) in [6.07, 6.45) is 0. The van der Waals surface area contributed by atoms with E-state index in [1.807, 2.05) is 19.9 Å². The number of rotatable bonds is 4. The molecule has 1 aliphatic rings. The van der Waals surface area contributed by atoms with Crippen molar-refractivity contribution in [1.82, 2.24) is 4.31 Å². The number of nitrogens with zero attached hydrogens (tertiary/aromatic N) is 1. The molecule has 0 aliphatic carbocycles. The van der Waals surface area contributed by atoms with Crippen LogP contribution in [-0.2, 0) is 14.8 Å². The molecule has 19 heavy (non-hydrogen) atoms. The molecule has 1 unspecified atom stereocenters. The molecular weight excluding hydrogens is 264 g/mol. The standard InChI is InChI=1S/C13H20N2O3S/c1-3-14-12-6-4-5-7-13(12)19(16,17)15-8-9-18-10-11(15)2/h4-7,11,14H,3,8-10H2,1-2H3. The van der Waals surface area contributed by atoms with E-state index in [1.165, 1.54) is 4.31 Å². The van der Waals surface area contributed by atoms with Gasteiger partial charge < -0.3 is 10.1 Å². The molecule has 0 saturated carbocycles. The van der Waals surface area contributed by atoms with Gasteiger partial charge in [0.05, 0.1) is 18.9 Å². The number of sulfonamides is 1. The summed E-state index contributed by atoms with van der Waals surface area (Å²) in [6.45, 7) is 5.80. The van der Waals surface area contributed by atoms with Crippen molar-refractivity contribution >= 4 is 15.7 Å². The minimum absolute atomic E-state index is 0.131. The van der Waals surface area contributed by atoms with Gasteiger partial charge >= 0.3 is 0 Å². The van der Waals surface area contributed by atoms with Gasteiger partial charge in [-0.05, 0) is 26.0 Å². The van der Waals surface area contributed by atoms with Gasteiger partial charge in [0, 0.05) is 19.1 Å². The molecule has 0 spiro atoms. The van der Waals surface area contributed by atoms with E-state index in [0.29, 0.717) is 36.9 Å². The van der Waals surface area contributed by atoms with Gasteiger partial charge in [-0.15, -0.1) is 0 Å². The number of para-hydroxylation sites is 1. The molecule has 1 aromatic rings. The van der Waals surface area contributed by atoms with Crippen molar-refractivity contribution in [2.24, 2.45) is 0 Å². The first-order valence-corrected chi connectivity index (χ1v) is 7.94. The zero-order chi connectivity index (χ0) is 13.9. The van der Waals surface area contributed by atoms with E-state index in [9.17, 15) is 8.42 Å². The van der Waals surface area contributed by atoms with Gasteiger partial charge in [0.1, 0.15) is 4.90 Å². The fourth-order valence-corrected chi connectivity index (χ4v) is 3.99. The van der Waals surface area contributed by atoms with Crippen molar-refractivity contribution in [3.63, 3.8) is 0 Å². The van der Waals surface area contributed by atoms with E-state index in [0.717, 1.165) is 0 Å². The zero-order valence-corrected chi connectivity index (χ0v) is 12.1. The molecule has 0 amide bonds. The van der Waals surface area contributed by atoms with Crippen LogP contribution in [0.15, 0.2) is 29.2 Å². The van der Waals surface area contributed by atoms with Crippen LogP contribution in [0.2, 0.25) is 0 Å². The first kappa shape index (κ1) is 14.3. The second-order valence-electron chi connectivity index (χ2n) is 4.57. The molecular formula is C13H20N2O3S. The Morgan fingerprint density at radius 1 is 1.42 bits per heavy atom. The number of anilines is 1. The molecule has 1 atom stereocenters. The number of morpholine rings is 1. The summed E-state index contributed by atoms with van der Waals surface area (Å²) >= 11 is 0. The van der Waals surface area contributed by atoms with Gasteiger partial charge in [0.2, 0.25) is 10.0 Å².